The third kappa shape index (κ3) is 20.8. The van der Waals surface area contributed by atoms with Gasteiger partial charge in [0.1, 0.15) is 6.10 Å². The Morgan fingerprint density at radius 3 is 1.83 bits per heavy atom. The van der Waals surface area contributed by atoms with Crippen molar-refractivity contribution in [3.63, 3.8) is 0 Å². The van der Waals surface area contributed by atoms with E-state index in [9.17, 15) is 4.79 Å². The predicted octanol–water partition coefficient (Wildman–Crippen LogP) is 5.60. The third-order valence-corrected chi connectivity index (χ3v) is 2.14. The highest BCUT2D eigenvalue weighted by molar-refractivity contribution is 5.37. The van der Waals surface area contributed by atoms with Crippen molar-refractivity contribution in [3.8, 4) is 0 Å². The van der Waals surface area contributed by atoms with Crippen molar-refractivity contribution in [2.75, 3.05) is 0 Å². The van der Waals surface area contributed by atoms with Gasteiger partial charge in [-0.25, -0.2) is 0 Å². The Morgan fingerprint density at radius 2 is 1.50 bits per heavy atom. The maximum absolute atomic E-state index is 9.96. The molecule has 0 aromatic heterocycles. The standard InChI is InChI=1S/C8H14O2.2C3H8.C2H6/c1-7-3-2-4-8(5-7)10-6-9;2*1-3-2;1-2/h6-8H,2-5H2,1H3;2*3H2,1-2H3;1-2H3. The molecule has 0 spiro atoms. The first-order valence-electron chi connectivity index (χ1n) is 7.75. The van der Waals surface area contributed by atoms with Crippen LogP contribution in [0.2, 0.25) is 0 Å². The molecule has 1 fully saturated rings. The largest absolute Gasteiger partial charge is 0.465 e. The van der Waals surface area contributed by atoms with Crippen LogP contribution in [0.5, 0.6) is 0 Å². The van der Waals surface area contributed by atoms with E-state index in [1.165, 1.54) is 25.7 Å². The smallest absolute Gasteiger partial charge is 0.293 e. The summed E-state index contributed by atoms with van der Waals surface area (Å²) < 4.78 is 4.87. The molecule has 0 heterocycles. The molecule has 0 N–H and O–H groups in total. The molecule has 2 atom stereocenters. The summed E-state index contributed by atoms with van der Waals surface area (Å²) in [6.45, 7) is 15.3. The Morgan fingerprint density at radius 1 is 1.06 bits per heavy atom. The van der Waals surface area contributed by atoms with Crippen molar-refractivity contribution in [2.45, 2.75) is 93.1 Å². The number of rotatable bonds is 2. The van der Waals surface area contributed by atoms with E-state index in [0.717, 1.165) is 18.8 Å². The van der Waals surface area contributed by atoms with Crippen molar-refractivity contribution in [1.82, 2.24) is 0 Å². The molecule has 2 unspecified atom stereocenters. The van der Waals surface area contributed by atoms with Gasteiger partial charge in [-0.05, 0) is 25.2 Å². The molecule has 0 radical (unpaired) electrons. The lowest BCUT2D eigenvalue weighted by Crippen LogP contribution is -2.20. The normalized spacial score (nSPS) is 20.8. The summed E-state index contributed by atoms with van der Waals surface area (Å²) >= 11 is 0. The molecule has 0 aromatic rings. The quantitative estimate of drug-likeness (QED) is 0.604. The minimum absolute atomic E-state index is 0.209. The summed E-state index contributed by atoms with van der Waals surface area (Å²) in [7, 11) is 0. The topological polar surface area (TPSA) is 26.3 Å². The highest BCUT2D eigenvalue weighted by Gasteiger charge is 2.18. The van der Waals surface area contributed by atoms with Gasteiger partial charge in [-0.2, -0.15) is 0 Å². The first kappa shape index (κ1) is 22.6. The summed E-state index contributed by atoms with van der Waals surface area (Å²) in [5.41, 5.74) is 0. The second kappa shape index (κ2) is 21.7. The number of hydrogen-bond donors (Lipinski definition) is 0. The van der Waals surface area contributed by atoms with Crippen molar-refractivity contribution >= 4 is 6.47 Å². The SMILES string of the molecule is CC.CC1CCCC(OC=O)C1.CCC.CCC. The van der Waals surface area contributed by atoms with Crippen molar-refractivity contribution in [2.24, 2.45) is 5.92 Å². The summed E-state index contributed by atoms with van der Waals surface area (Å²) in [4.78, 5) is 9.96. The van der Waals surface area contributed by atoms with Crippen LogP contribution < -0.4 is 0 Å². The van der Waals surface area contributed by atoms with Gasteiger partial charge in [0.15, 0.2) is 0 Å². The highest BCUT2D eigenvalue weighted by atomic mass is 16.5. The second-order valence-electron chi connectivity index (χ2n) is 4.54. The van der Waals surface area contributed by atoms with Crippen LogP contribution >= 0.6 is 0 Å². The van der Waals surface area contributed by atoms with E-state index in [1.54, 1.807) is 0 Å². The summed E-state index contributed by atoms with van der Waals surface area (Å²) in [5, 5.41) is 0. The van der Waals surface area contributed by atoms with Crippen molar-refractivity contribution in [3.05, 3.63) is 0 Å². The predicted molar refractivity (Wildman–Crippen MR) is 81.8 cm³/mol. The number of hydrogen-bond acceptors (Lipinski definition) is 2. The molecule has 0 aromatic carbocycles. The first-order chi connectivity index (χ1) is 8.65. The Hall–Kier alpha value is -0.530. The second-order valence-corrected chi connectivity index (χ2v) is 4.54. The van der Waals surface area contributed by atoms with Crippen LogP contribution in [0.3, 0.4) is 0 Å². The summed E-state index contributed by atoms with van der Waals surface area (Å²) in [5.74, 6) is 0.735. The van der Waals surface area contributed by atoms with E-state index in [4.69, 9.17) is 4.74 Å². The third-order valence-electron chi connectivity index (χ3n) is 2.14. The van der Waals surface area contributed by atoms with Gasteiger partial charge in [0.05, 0.1) is 0 Å². The molecular weight excluding hydrogens is 224 g/mol. The molecule has 0 saturated heterocycles. The Bertz CT molecular complexity index is 133. The van der Waals surface area contributed by atoms with Gasteiger partial charge in [-0.15, -0.1) is 0 Å². The van der Waals surface area contributed by atoms with E-state index >= 15 is 0 Å². The maximum Gasteiger partial charge on any atom is 0.293 e. The van der Waals surface area contributed by atoms with Crippen LogP contribution in [-0.4, -0.2) is 12.6 Å². The molecule has 1 saturated carbocycles. The van der Waals surface area contributed by atoms with Gasteiger partial charge in [0.25, 0.3) is 6.47 Å². The van der Waals surface area contributed by atoms with E-state index in [-0.39, 0.29) is 6.10 Å². The van der Waals surface area contributed by atoms with Gasteiger partial charge in [0, 0.05) is 0 Å². The average molecular weight is 260 g/mol. The highest BCUT2D eigenvalue weighted by Crippen LogP contribution is 2.24. The molecule has 2 nitrogen and oxygen atoms in total. The van der Waals surface area contributed by atoms with Gasteiger partial charge in [-0.1, -0.05) is 67.7 Å². The van der Waals surface area contributed by atoms with E-state index in [1.807, 2.05) is 13.8 Å². The molecule has 0 aliphatic heterocycles. The zero-order valence-corrected chi connectivity index (χ0v) is 13.8. The number of carbonyl (C=O) groups is 1. The zero-order chi connectivity index (χ0) is 14.8. The van der Waals surface area contributed by atoms with E-state index in [0.29, 0.717) is 6.47 Å². The first-order valence-corrected chi connectivity index (χ1v) is 7.75. The monoisotopic (exact) mass is 260 g/mol. The van der Waals surface area contributed by atoms with Gasteiger partial charge >= 0.3 is 0 Å². The van der Waals surface area contributed by atoms with Gasteiger partial charge in [-0.3, -0.25) is 4.79 Å². The Kier molecular flexibility index (Phi) is 27.3. The van der Waals surface area contributed by atoms with E-state index in [2.05, 4.69) is 34.6 Å². The molecule has 2 heteroatoms. The lowest BCUT2D eigenvalue weighted by molar-refractivity contribution is -0.135. The van der Waals surface area contributed by atoms with Gasteiger partial charge < -0.3 is 4.74 Å². The Labute approximate surface area is 116 Å². The van der Waals surface area contributed by atoms with Crippen LogP contribution in [0.4, 0.5) is 0 Å². The number of carbonyl (C=O) groups excluding carboxylic acids is 1. The fraction of sp³-hybridized carbons (Fsp3) is 0.938. The van der Waals surface area contributed by atoms with E-state index < -0.39 is 0 Å². The van der Waals surface area contributed by atoms with Crippen LogP contribution in [0.15, 0.2) is 0 Å². The fourth-order valence-corrected chi connectivity index (χ4v) is 1.58. The minimum Gasteiger partial charge on any atom is -0.465 e. The zero-order valence-electron chi connectivity index (χ0n) is 13.8. The molecular formula is C16H36O2. The van der Waals surface area contributed by atoms with Crippen molar-refractivity contribution in [1.29, 1.82) is 0 Å². The molecule has 0 bridgehead atoms. The van der Waals surface area contributed by atoms with Crippen LogP contribution in [0, 0.1) is 5.92 Å². The molecule has 1 rings (SSSR count). The lowest BCUT2D eigenvalue weighted by Gasteiger charge is -2.24. The van der Waals surface area contributed by atoms with Crippen LogP contribution in [0.1, 0.15) is 87.0 Å². The maximum atomic E-state index is 9.96. The molecule has 1 aliphatic carbocycles. The molecule has 1 aliphatic rings. The van der Waals surface area contributed by atoms with Crippen LogP contribution in [0.25, 0.3) is 0 Å². The molecule has 0 amide bonds. The lowest BCUT2D eigenvalue weighted by atomic mass is 9.89. The fourth-order valence-electron chi connectivity index (χ4n) is 1.58. The summed E-state index contributed by atoms with van der Waals surface area (Å²) in [6, 6.07) is 0. The minimum atomic E-state index is 0.209. The van der Waals surface area contributed by atoms with Crippen LogP contribution in [-0.2, 0) is 9.53 Å². The molecule has 18 heavy (non-hydrogen) atoms. The number of ether oxygens (including phenoxy) is 1. The van der Waals surface area contributed by atoms with Crippen molar-refractivity contribution < 1.29 is 9.53 Å². The molecule has 112 valence electrons. The summed E-state index contributed by atoms with van der Waals surface area (Å²) in [6.07, 6.45) is 7.32. The van der Waals surface area contributed by atoms with Gasteiger partial charge in [0.2, 0.25) is 0 Å². The average Bonchev–Trinajstić information content (AvgIpc) is 2.34. The Balaban J connectivity index is -0.000000237.